The number of rotatable bonds is 1. The van der Waals surface area contributed by atoms with Crippen LogP contribution < -0.4 is 0 Å². The molecule has 1 fully saturated rings. The average Bonchev–Trinajstić information content (AvgIpc) is 1.85. The first-order valence-electron chi connectivity index (χ1n) is 4.26. The molecule has 1 saturated carbocycles. The average molecular weight is 153 g/mol. The Labute approximate surface area is 67.4 Å². The maximum atomic E-state index is 8.25. The quantitative estimate of drug-likeness (QED) is 0.316. The van der Waals surface area contributed by atoms with Gasteiger partial charge in [-0.3, -0.25) is 0 Å². The van der Waals surface area contributed by atoms with E-state index in [4.69, 9.17) is 5.53 Å². The van der Waals surface area contributed by atoms with E-state index in [0.29, 0.717) is 0 Å². The Bertz CT molecular complexity index is 162. The van der Waals surface area contributed by atoms with Crippen LogP contribution in [-0.2, 0) is 0 Å². The van der Waals surface area contributed by atoms with Crippen LogP contribution in [0.15, 0.2) is 5.11 Å². The van der Waals surface area contributed by atoms with Gasteiger partial charge in [-0.15, -0.1) is 0 Å². The summed E-state index contributed by atoms with van der Waals surface area (Å²) in [5.74, 6) is 1.46. The zero-order chi connectivity index (χ0) is 8.27. The Morgan fingerprint density at radius 2 is 1.73 bits per heavy atom. The molecule has 1 rings (SSSR count). The van der Waals surface area contributed by atoms with E-state index in [2.05, 4.69) is 23.9 Å². The van der Waals surface area contributed by atoms with E-state index in [1.165, 1.54) is 6.42 Å². The van der Waals surface area contributed by atoms with Gasteiger partial charge in [0, 0.05) is 11.0 Å². The molecular weight excluding hydrogens is 138 g/mol. The van der Waals surface area contributed by atoms with Crippen LogP contribution in [0.5, 0.6) is 0 Å². The summed E-state index contributed by atoms with van der Waals surface area (Å²) in [7, 11) is 0. The van der Waals surface area contributed by atoms with Crippen molar-refractivity contribution in [2.75, 3.05) is 0 Å². The lowest BCUT2D eigenvalue weighted by Gasteiger charge is -2.28. The summed E-state index contributed by atoms with van der Waals surface area (Å²) in [4.78, 5) is 2.85. The molecule has 0 aliphatic heterocycles. The minimum absolute atomic E-state index is 0.263. The third kappa shape index (κ3) is 2.43. The molecular formula is C8H15N3. The van der Waals surface area contributed by atoms with Crippen LogP contribution in [0.4, 0.5) is 0 Å². The van der Waals surface area contributed by atoms with Gasteiger partial charge in [-0.1, -0.05) is 19.0 Å². The molecule has 0 aromatic carbocycles. The van der Waals surface area contributed by atoms with Crippen LogP contribution in [0, 0.1) is 11.8 Å². The van der Waals surface area contributed by atoms with Gasteiger partial charge < -0.3 is 0 Å². The molecule has 3 heteroatoms. The van der Waals surface area contributed by atoms with Crippen LogP contribution in [0.25, 0.3) is 10.4 Å². The molecule has 0 spiro atoms. The lowest BCUT2D eigenvalue weighted by Crippen LogP contribution is -2.21. The summed E-state index contributed by atoms with van der Waals surface area (Å²) in [6.45, 7) is 4.46. The molecule has 0 bridgehead atoms. The Morgan fingerprint density at radius 3 is 2.18 bits per heavy atom. The molecule has 62 valence electrons. The fraction of sp³-hybridized carbons (Fsp3) is 1.00. The monoisotopic (exact) mass is 153 g/mol. The molecule has 1 aliphatic carbocycles. The number of azide groups is 1. The molecule has 0 N–H and O–H groups in total. The predicted molar refractivity (Wildman–Crippen MR) is 45.1 cm³/mol. The van der Waals surface area contributed by atoms with Gasteiger partial charge in [0.25, 0.3) is 0 Å². The third-order valence-electron chi connectivity index (χ3n) is 2.37. The summed E-state index contributed by atoms with van der Waals surface area (Å²) in [6.07, 6.45) is 3.44. The standard InChI is InChI=1S/C8H15N3/c1-6-3-7(2)5-8(4-6)10-11-9/h6-8H,3-5H2,1-2H3. The van der Waals surface area contributed by atoms with E-state index in [1.807, 2.05) is 0 Å². The van der Waals surface area contributed by atoms with E-state index >= 15 is 0 Å². The molecule has 0 radical (unpaired) electrons. The topological polar surface area (TPSA) is 48.8 Å². The van der Waals surface area contributed by atoms with E-state index in [1.54, 1.807) is 0 Å². The summed E-state index contributed by atoms with van der Waals surface area (Å²) in [6, 6.07) is 0.263. The van der Waals surface area contributed by atoms with Crippen molar-refractivity contribution >= 4 is 0 Å². The predicted octanol–water partition coefficient (Wildman–Crippen LogP) is 3.12. The van der Waals surface area contributed by atoms with Crippen LogP contribution >= 0.6 is 0 Å². The van der Waals surface area contributed by atoms with E-state index < -0.39 is 0 Å². The second-order valence-corrected chi connectivity index (χ2v) is 3.78. The minimum atomic E-state index is 0.263. The lowest BCUT2D eigenvalue weighted by molar-refractivity contribution is 0.269. The molecule has 0 aromatic rings. The molecule has 2 atom stereocenters. The largest absolute Gasteiger partial charge is 0.0906 e. The first-order chi connectivity index (χ1) is 5.22. The van der Waals surface area contributed by atoms with Crippen molar-refractivity contribution in [3.8, 4) is 0 Å². The lowest BCUT2D eigenvalue weighted by atomic mass is 9.81. The highest BCUT2D eigenvalue weighted by atomic mass is 15.1. The third-order valence-corrected chi connectivity index (χ3v) is 2.37. The summed E-state index contributed by atoms with van der Waals surface area (Å²) < 4.78 is 0. The van der Waals surface area contributed by atoms with E-state index in [9.17, 15) is 0 Å². The van der Waals surface area contributed by atoms with Crippen LogP contribution in [0.2, 0.25) is 0 Å². The van der Waals surface area contributed by atoms with Crippen molar-refractivity contribution in [2.45, 2.75) is 39.2 Å². The Balaban J connectivity index is 2.49. The Morgan fingerprint density at radius 1 is 1.18 bits per heavy atom. The van der Waals surface area contributed by atoms with Gasteiger partial charge >= 0.3 is 0 Å². The molecule has 0 aromatic heterocycles. The number of hydrogen-bond donors (Lipinski definition) is 0. The summed E-state index contributed by atoms with van der Waals surface area (Å²) in [5, 5.41) is 3.76. The van der Waals surface area contributed by atoms with Crippen molar-refractivity contribution in [2.24, 2.45) is 17.0 Å². The van der Waals surface area contributed by atoms with Crippen molar-refractivity contribution < 1.29 is 0 Å². The van der Waals surface area contributed by atoms with Crippen molar-refractivity contribution in [3.05, 3.63) is 10.4 Å². The van der Waals surface area contributed by atoms with Crippen LogP contribution in [0.3, 0.4) is 0 Å². The van der Waals surface area contributed by atoms with Crippen molar-refractivity contribution in [1.82, 2.24) is 0 Å². The molecule has 2 unspecified atom stereocenters. The second kappa shape index (κ2) is 3.63. The van der Waals surface area contributed by atoms with Gasteiger partial charge in [0.1, 0.15) is 0 Å². The zero-order valence-electron chi connectivity index (χ0n) is 7.20. The van der Waals surface area contributed by atoms with E-state index in [-0.39, 0.29) is 6.04 Å². The normalized spacial score (nSPS) is 37.8. The minimum Gasteiger partial charge on any atom is -0.0906 e. The maximum absolute atomic E-state index is 8.25. The molecule has 1 aliphatic rings. The smallest absolute Gasteiger partial charge is 0.0379 e. The van der Waals surface area contributed by atoms with Gasteiger partial charge in [0.05, 0.1) is 0 Å². The van der Waals surface area contributed by atoms with Gasteiger partial charge in [0.15, 0.2) is 0 Å². The first kappa shape index (κ1) is 8.41. The van der Waals surface area contributed by atoms with Gasteiger partial charge in [-0.2, -0.15) is 0 Å². The summed E-state index contributed by atoms with van der Waals surface area (Å²) in [5.41, 5.74) is 8.25. The van der Waals surface area contributed by atoms with Gasteiger partial charge in [-0.05, 0) is 36.6 Å². The van der Waals surface area contributed by atoms with Crippen LogP contribution in [-0.4, -0.2) is 6.04 Å². The fourth-order valence-corrected chi connectivity index (χ4v) is 2.07. The highest BCUT2D eigenvalue weighted by Crippen LogP contribution is 2.30. The molecule has 11 heavy (non-hydrogen) atoms. The van der Waals surface area contributed by atoms with Crippen molar-refractivity contribution in [1.29, 1.82) is 0 Å². The molecule has 3 nitrogen and oxygen atoms in total. The number of hydrogen-bond acceptors (Lipinski definition) is 1. The number of nitrogens with zero attached hydrogens (tertiary/aromatic N) is 3. The summed E-state index contributed by atoms with van der Waals surface area (Å²) >= 11 is 0. The van der Waals surface area contributed by atoms with Crippen molar-refractivity contribution in [3.63, 3.8) is 0 Å². The molecule has 0 saturated heterocycles. The Hall–Kier alpha value is -0.690. The van der Waals surface area contributed by atoms with Gasteiger partial charge in [0.2, 0.25) is 0 Å². The highest BCUT2D eigenvalue weighted by molar-refractivity contribution is 4.79. The zero-order valence-corrected chi connectivity index (χ0v) is 7.20. The second-order valence-electron chi connectivity index (χ2n) is 3.78. The molecule has 0 amide bonds. The van der Waals surface area contributed by atoms with Crippen LogP contribution in [0.1, 0.15) is 33.1 Å². The van der Waals surface area contributed by atoms with Gasteiger partial charge in [-0.25, -0.2) is 0 Å². The van der Waals surface area contributed by atoms with E-state index in [0.717, 1.165) is 24.7 Å². The fourth-order valence-electron chi connectivity index (χ4n) is 2.07. The Kier molecular flexibility index (Phi) is 2.77. The SMILES string of the molecule is CC1CC(C)CC(N=[N+]=[N-])C1. The highest BCUT2D eigenvalue weighted by Gasteiger charge is 2.22. The maximum Gasteiger partial charge on any atom is 0.0379 e. The first-order valence-corrected chi connectivity index (χ1v) is 4.26. The molecule has 0 heterocycles.